The normalized spacial score (nSPS) is 10.7. The first-order chi connectivity index (χ1) is 11.2. The quantitative estimate of drug-likeness (QED) is 0.747. The molecule has 0 bridgehead atoms. The zero-order valence-electron chi connectivity index (χ0n) is 14.3. The first-order valence-electron chi connectivity index (χ1n) is 7.68. The van der Waals surface area contributed by atoms with Crippen molar-refractivity contribution >= 4 is 0 Å². The molecule has 23 heavy (non-hydrogen) atoms. The Labute approximate surface area is 138 Å². The van der Waals surface area contributed by atoms with E-state index in [4.69, 9.17) is 14.2 Å². The fourth-order valence-corrected chi connectivity index (χ4v) is 2.48. The van der Waals surface area contributed by atoms with Crippen molar-refractivity contribution in [2.24, 2.45) is 0 Å². The average Bonchev–Trinajstić information content (AvgIpc) is 2.60. The molecule has 0 saturated carbocycles. The molecule has 0 aliphatic rings. The van der Waals surface area contributed by atoms with Crippen molar-refractivity contribution < 1.29 is 14.2 Å². The van der Waals surface area contributed by atoms with Crippen LogP contribution in [0.15, 0.2) is 42.5 Å². The summed E-state index contributed by atoms with van der Waals surface area (Å²) in [7, 11) is 7.13. The van der Waals surface area contributed by atoms with Crippen LogP contribution in [-0.4, -0.2) is 39.8 Å². The Balaban J connectivity index is 1.89. The lowest BCUT2D eigenvalue weighted by molar-refractivity contribution is 0.329. The second-order valence-electron chi connectivity index (χ2n) is 5.53. The second kappa shape index (κ2) is 8.44. The van der Waals surface area contributed by atoms with Gasteiger partial charge in [-0.05, 0) is 48.9 Å². The summed E-state index contributed by atoms with van der Waals surface area (Å²) < 4.78 is 15.8. The maximum absolute atomic E-state index is 5.35. The van der Waals surface area contributed by atoms with Crippen LogP contribution in [-0.2, 0) is 13.0 Å². The molecule has 0 amide bonds. The van der Waals surface area contributed by atoms with E-state index in [2.05, 4.69) is 30.1 Å². The van der Waals surface area contributed by atoms with Gasteiger partial charge in [-0.1, -0.05) is 18.2 Å². The van der Waals surface area contributed by atoms with E-state index in [9.17, 15) is 0 Å². The lowest BCUT2D eigenvalue weighted by Gasteiger charge is -2.17. The summed E-state index contributed by atoms with van der Waals surface area (Å²) in [5, 5.41) is 0. The molecular formula is C19H25NO3. The van der Waals surface area contributed by atoms with Gasteiger partial charge < -0.3 is 19.1 Å². The van der Waals surface area contributed by atoms with Crippen LogP contribution in [0.3, 0.4) is 0 Å². The highest BCUT2D eigenvalue weighted by atomic mass is 16.5. The molecular weight excluding hydrogens is 290 g/mol. The van der Waals surface area contributed by atoms with E-state index < -0.39 is 0 Å². The van der Waals surface area contributed by atoms with Gasteiger partial charge >= 0.3 is 0 Å². The Bertz CT molecular complexity index is 611. The van der Waals surface area contributed by atoms with Gasteiger partial charge in [0, 0.05) is 13.1 Å². The van der Waals surface area contributed by atoms with E-state index in [1.165, 1.54) is 11.1 Å². The molecule has 2 aromatic rings. The molecule has 2 aromatic carbocycles. The smallest absolute Gasteiger partial charge is 0.160 e. The zero-order chi connectivity index (χ0) is 16.7. The molecule has 0 aromatic heterocycles. The zero-order valence-corrected chi connectivity index (χ0v) is 14.3. The van der Waals surface area contributed by atoms with Gasteiger partial charge in [0.05, 0.1) is 21.3 Å². The summed E-state index contributed by atoms with van der Waals surface area (Å²) in [5.74, 6) is 2.44. The minimum atomic E-state index is 0.767. The molecule has 0 atom stereocenters. The lowest BCUT2D eigenvalue weighted by atomic mass is 10.1. The number of likely N-dealkylation sites (N-methyl/N-ethyl adjacent to an activating group) is 1. The molecule has 0 fully saturated rings. The van der Waals surface area contributed by atoms with Crippen LogP contribution in [0, 0.1) is 0 Å². The first kappa shape index (κ1) is 17.2. The Hall–Kier alpha value is -2.20. The maximum Gasteiger partial charge on any atom is 0.160 e. The molecule has 0 heterocycles. The molecule has 4 nitrogen and oxygen atoms in total. The Kier molecular flexibility index (Phi) is 6.29. The van der Waals surface area contributed by atoms with Gasteiger partial charge in [0.2, 0.25) is 0 Å². The molecule has 0 N–H and O–H groups in total. The highest BCUT2D eigenvalue weighted by Gasteiger charge is 2.06. The summed E-state index contributed by atoms with van der Waals surface area (Å²) in [6.07, 6.45) is 0.965. The largest absolute Gasteiger partial charge is 0.497 e. The van der Waals surface area contributed by atoms with Crippen molar-refractivity contribution in [3.63, 3.8) is 0 Å². The lowest BCUT2D eigenvalue weighted by Crippen LogP contribution is -2.20. The van der Waals surface area contributed by atoms with Gasteiger partial charge in [0.15, 0.2) is 11.5 Å². The van der Waals surface area contributed by atoms with E-state index in [1.807, 2.05) is 24.3 Å². The second-order valence-corrected chi connectivity index (χ2v) is 5.53. The minimum Gasteiger partial charge on any atom is -0.497 e. The van der Waals surface area contributed by atoms with Crippen LogP contribution in [0.25, 0.3) is 0 Å². The molecule has 124 valence electrons. The number of rotatable bonds is 8. The van der Waals surface area contributed by atoms with E-state index in [-0.39, 0.29) is 0 Å². The Morgan fingerprint density at radius 1 is 0.783 bits per heavy atom. The van der Waals surface area contributed by atoms with Crippen molar-refractivity contribution in [3.8, 4) is 17.2 Å². The number of ether oxygens (including phenoxy) is 3. The van der Waals surface area contributed by atoms with Crippen molar-refractivity contribution in [1.29, 1.82) is 0 Å². The van der Waals surface area contributed by atoms with Crippen molar-refractivity contribution in [3.05, 3.63) is 53.6 Å². The Morgan fingerprint density at radius 3 is 2.04 bits per heavy atom. The van der Waals surface area contributed by atoms with E-state index in [0.717, 1.165) is 36.8 Å². The van der Waals surface area contributed by atoms with Crippen LogP contribution >= 0.6 is 0 Å². The molecule has 2 rings (SSSR count). The third-order valence-corrected chi connectivity index (χ3v) is 3.84. The highest BCUT2D eigenvalue weighted by Crippen LogP contribution is 2.27. The van der Waals surface area contributed by atoms with Gasteiger partial charge in [-0.2, -0.15) is 0 Å². The van der Waals surface area contributed by atoms with Crippen LogP contribution in [0.1, 0.15) is 11.1 Å². The van der Waals surface area contributed by atoms with Crippen LogP contribution < -0.4 is 14.2 Å². The van der Waals surface area contributed by atoms with Crippen LogP contribution in [0.4, 0.5) is 0 Å². The summed E-state index contributed by atoms with van der Waals surface area (Å²) in [6, 6.07) is 14.3. The summed E-state index contributed by atoms with van der Waals surface area (Å²) >= 11 is 0. The van der Waals surface area contributed by atoms with Gasteiger partial charge in [0.1, 0.15) is 5.75 Å². The molecule has 0 aliphatic heterocycles. The van der Waals surface area contributed by atoms with Crippen molar-refractivity contribution in [2.45, 2.75) is 13.0 Å². The molecule has 0 radical (unpaired) electrons. The highest BCUT2D eigenvalue weighted by molar-refractivity contribution is 5.42. The van der Waals surface area contributed by atoms with E-state index >= 15 is 0 Å². The summed E-state index contributed by atoms with van der Waals surface area (Å²) in [5.41, 5.74) is 2.52. The summed E-state index contributed by atoms with van der Waals surface area (Å²) in [4.78, 5) is 2.30. The standard InChI is InChI=1S/C19H25NO3/c1-20(14-16-5-8-17(21-2)9-6-16)12-11-15-7-10-18(22-3)19(13-15)23-4/h5-10,13H,11-12,14H2,1-4H3. The molecule has 4 heteroatoms. The molecule has 0 spiro atoms. The number of hydrogen-bond donors (Lipinski definition) is 0. The number of nitrogens with zero attached hydrogens (tertiary/aromatic N) is 1. The monoisotopic (exact) mass is 315 g/mol. The first-order valence-corrected chi connectivity index (χ1v) is 7.68. The maximum atomic E-state index is 5.35. The van der Waals surface area contributed by atoms with Crippen molar-refractivity contribution in [1.82, 2.24) is 4.90 Å². The minimum absolute atomic E-state index is 0.767. The predicted octanol–water partition coefficient (Wildman–Crippen LogP) is 3.39. The van der Waals surface area contributed by atoms with E-state index in [1.54, 1.807) is 21.3 Å². The number of hydrogen-bond acceptors (Lipinski definition) is 4. The third-order valence-electron chi connectivity index (χ3n) is 3.84. The Morgan fingerprint density at radius 2 is 1.43 bits per heavy atom. The van der Waals surface area contributed by atoms with Gasteiger partial charge in [-0.3, -0.25) is 0 Å². The van der Waals surface area contributed by atoms with Crippen LogP contribution in [0.2, 0.25) is 0 Å². The molecule has 0 aliphatic carbocycles. The number of methoxy groups -OCH3 is 3. The number of benzene rings is 2. The average molecular weight is 315 g/mol. The van der Waals surface area contributed by atoms with E-state index in [0.29, 0.717) is 0 Å². The SMILES string of the molecule is COc1ccc(CN(C)CCc2ccc(OC)c(OC)c2)cc1. The van der Waals surface area contributed by atoms with Crippen molar-refractivity contribution in [2.75, 3.05) is 34.9 Å². The van der Waals surface area contributed by atoms with Gasteiger partial charge in [-0.15, -0.1) is 0 Å². The van der Waals surface area contributed by atoms with Gasteiger partial charge in [-0.25, -0.2) is 0 Å². The fourth-order valence-electron chi connectivity index (χ4n) is 2.48. The molecule has 0 saturated heterocycles. The predicted molar refractivity (Wildman–Crippen MR) is 92.6 cm³/mol. The molecule has 0 unspecified atom stereocenters. The van der Waals surface area contributed by atoms with Crippen LogP contribution in [0.5, 0.6) is 17.2 Å². The summed E-state index contributed by atoms with van der Waals surface area (Å²) in [6.45, 7) is 1.89. The van der Waals surface area contributed by atoms with Gasteiger partial charge in [0.25, 0.3) is 0 Å². The fraction of sp³-hybridized carbons (Fsp3) is 0.368. The topological polar surface area (TPSA) is 30.9 Å². The third kappa shape index (κ3) is 4.89.